The number of benzene rings is 1. The lowest BCUT2D eigenvalue weighted by atomic mass is 9.93. The highest BCUT2D eigenvalue weighted by atomic mass is 32.1. The Balaban J connectivity index is 1.95. The molecule has 140 valence electrons. The van der Waals surface area contributed by atoms with Crippen LogP contribution in [0.4, 0.5) is 4.79 Å². The maximum Gasteiger partial charge on any atom is 0.328 e. The van der Waals surface area contributed by atoms with Crippen LogP contribution in [0, 0.1) is 0 Å². The minimum absolute atomic E-state index is 0.261. The second kappa shape index (κ2) is 7.31. The van der Waals surface area contributed by atoms with E-state index >= 15 is 0 Å². The van der Waals surface area contributed by atoms with Gasteiger partial charge in [0, 0.05) is 5.75 Å². The minimum atomic E-state index is -1.09. The third-order valence-electron chi connectivity index (χ3n) is 5.56. The summed E-state index contributed by atoms with van der Waals surface area (Å²) in [6, 6.07) is 7.70. The lowest BCUT2D eigenvalue weighted by Gasteiger charge is -2.33. The number of carbonyl (C=O) groups is 3. The molecule has 1 aliphatic heterocycles. The van der Waals surface area contributed by atoms with Crippen molar-refractivity contribution in [3.05, 3.63) is 35.9 Å². The molecule has 3 rings (SSSR count). The molecule has 1 aromatic rings. The van der Waals surface area contributed by atoms with Crippen LogP contribution in [0.25, 0.3) is 0 Å². The average molecular weight is 376 g/mol. The number of thiol groups is 1. The van der Waals surface area contributed by atoms with Crippen molar-refractivity contribution in [3.8, 4) is 0 Å². The molecule has 2 aliphatic rings. The summed E-state index contributed by atoms with van der Waals surface area (Å²) in [6.45, 7) is 1.48. The molecule has 1 aromatic carbocycles. The Morgan fingerprint density at radius 3 is 2.38 bits per heavy atom. The van der Waals surface area contributed by atoms with Crippen molar-refractivity contribution >= 4 is 30.5 Å². The number of hydrogen-bond donors (Lipinski definition) is 2. The maximum atomic E-state index is 13.3. The molecule has 1 saturated carbocycles. The summed E-state index contributed by atoms with van der Waals surface area (Å²) < 4.78 is 0. The Morgan fingerprint density at radius 1 is 1.23 bits per heavy atom. The Hall–Kier alpha value is -2.02. The second-order valence-electron chi connectivity index (χ2n) is 7.11. The van der Waals surface area contributed by atoms with Gasteiger partial charge in [-0.15, -0.1) is 0 Å². The van der Waals surface area contributed by atoms with Gasteiger partial charge < -0.3 is 5.11 Å². The van der Waals surface area contributed by atoms with Gasteiger partial charge in [0.05, 0.1) is 6.04 Å². The van der Waals surface area contributed by atoms with Crippen molar-refractivity contribution in [1.29, 1.82) is 0 Å². The van der Waals surface area contributed by atoms with E-state index in [0.29, 0.717) is 25.0 Å². The fraction of sp³-hybridized carbons (Fsp3) is 0.526. The molecule has 1 heterocycles. The number of carboxylic acids is 1. The smallest absolute Gasteiger partial charge is 0.328 e. The summed E-state index contributed by atoms with van der Waals surface area (Å²) >= 11 is 4.37. The molecule has 0 aromatic heterocycles. The van der Waals surface area contributed by atoms with Gasteiger partial charge in [0.1, 0.15) is 11.6 Å². The molecule has 2 fully saturated rings. The molecule has 3 amide bonds. The van der Waals surface area contributed by atoms with E-state index < -0.39 is 29.6 Å². The van der Waals surface area contributed by atoms with E-state index in [2.05, 4.69) is 12.6 Å². The van der Waals surface area contributed by atoms with Crippen LogP contribution in [0.3, 0.4) is 0 Å². The standard InChI is InChI=1S/C19H24N2O4S/c1-13(16(22)23)21-18(25)20(17(24)19(21)9-5-6-10-19)15(12-26)11-14-7-3-2-4-8-14/h2-4,7-8,13,15,26H,5-6,9-12H2,1H3,(H,22,23)/t13-,15?/m0/s1. The fourth-order valence-electron chi connectivity index (χ4n) is 4.22. The zero-order chi connectivity index (χ0) is 18.9. The molecule has 0 bridgehead atoms. The molecule has 1 unspecified atom stereocenters. The predicted molar refractivity (Wildman–Crippen MR) is 100 cm³/mol. The van der Waals surface area contributed by atoms with Crippen LogP contribution in [-0.2, 0) is 16.0 Å². The first-order chi connectivity index (χ1) is 12.4. The summed E-state index contributed by atoms with van der Waals surface area (Å²) in [5.74, 6) is -1.02. The number of rotatable bonds is 6. The number of aliphatic carboxylic acids is 1. The van der Waals surface area contributed by atoms with E-state index in [9.17, 15) is 19.5 Å². The van der Waals surface area contributed by atoms with Crippen LogP contribution in [0.1, 0.15) is 38.2 Å². The van der Waals surface area contributed by atoms with Gasteiger partial charge >= 0.3 is 12.0 Å². The molecule has 1 N–H and O–H groups in total. The molecule has 1 aliphatic carbocycles. The SMILES string of the molecule is C[C@@H](C(=O)O)N1C(=O)N(C(CS)Cc2ccccc2)C(=O)C12CCCC2. The van der Waals surface area contributed by atoms with Crippen LogP contribution in [0.15, 0.2) is 30.3 Å². The second-order valence-corrected chi connectivity index (χ2v) is 7.47. The first-order valence-corrected chi connectivity index (χ1v) is 9.60. The van der Waals surface area contributed by atoms with E-state index in [4.69, 9.17) is 0 Å². The number of imide groups is 1. The van der Waals surface area contributed by atoms with Crippen molar-refractivity contribution in [3.63, 3.8) is 0 Å². The Morgan fingerprint density at radius 2 is 1.85 bits per heavy atom. The van der Waals surface area contributed by atoms with Gasteiger partial charge in [-0.25, -0.2) is 9.59 Å². The summed E-state index contributed by atoms with van der Waals surface area (Å²) in [7, 11) is 0. The number of urea groups is 1. The third kappa shape index (κ3) is 2.98. The Bertz CT molecular complexity index is 703. The van der Waals surface area contributed by atoms with E-state index in [1.807, 2.05) is 30.3 Å². The number of nitrogens with zero attached hydrogens (tertiary/aromatic N) is 2. The summed E-state index contributed by atoms with van der Waals surface area (Å²) in [6.07, 6.45) is 3.19. The molecular formula is C19H24N2O4S. The van der Waals surface area contributed by atoms with Crippen LogP contribution in [-0.4, -0.2) is 56.2 Å². The van der Waals surface area contributed by atoms with Gasteiger partial charge in [0.15, 0.2) is 0 Å². The molecule has 0 radical (unpaired) electrons. The molecule has 1 spiro atoms. The molecular weight excluding hydrogens is 352 g/mol. The fourth-order valence-corrected chi connectivity index (χ4v) is 4.51. The highest BCUT2D eigenvalue weighted by molar-refractivity contribution is 7.80. The zero-order valence-corrected chi connectivity index (χ0v) is 15.7. The average Bonchev–Trinajstić information content (AvgIpc) is 3.19. The van der Waals surface area contributed by atoms with Gasteiger partial charge in [0.2, 0.25) is 0 Å². The van der Waals surface area contributed by atoms with Crippen molar-refractivity contribution in [2.45, 2.75) is 56.7 Å². The zero-order valence-electron chi connectivity index (χ0n) is 14.8. The minimum Gasteiger partial charge on any atom is -0.480 e. The van der Waals surface area contributed by atoms with Crippen LogP contribution in [0.2, 0.25) is 0 Å². The Kier molecular flexibility index (Phi) is 5.27. The quantitative estimate of drug-likeness (QED) is 0.591. The van der Waals surface area contributed by atoms with E-state index in [0.717, 1.165) is 18.4 Å². The number of carbonyl (C=O) groups excluding carboxylic acids is 2. The molecule has 6 nitrogen and oxygen atoms in total. The molecule has 1 saturated heterocycles. The highest BCUT2D eigenvalue weighted by Gasteiger charge is 2.61. The summed E-state index contributed by atoms with van der Waals surface area (Å²) in [5, 5.41) is 9.47. The summed E-state index contributed by atoms with van der Waals surface area (Å²) in [5.41, 5.74) is 0.00427. The van der Waals surface area contributed by atoms with Gasteiger partial charge in [-0.2, -0.15) is 12.6 Å². The largest absolute Gasteiger partial charge is 0.480 e. The lowest BCUT2D eigenvalue weighted by Crippen LogP contribution is -2.53. The van der Waals surface area contributed by atoms with E-state index in [1.165, 1.54) is 16.7 Å². The Labute approximate surface area is 158 Å². The topological polar surface area (TPSA) is 77.9 Å². The van der Waals surface area contributed by atoms with Crippen molar-refractivity contribution in [2.24, 2.45) is 0 Å². The van der Waals surface area contributed by atoms with Crippen molar-refractivity contribution < 1.29 is 19.5 Å². The van der Waals surface area contributed by atoms with Crippen LogP contribution in [0.5, 0.6) is 0 Å². The van der Waals surface area contributed by atoms with Gasteiger partial charge in [-0.3, -0.25) is 14.6 Å². The normalized spacial score (nSPS) is 21.5. The summed E-state index contributed by atoms with van der Waals surface area (Å²) in [4.78, 5) is 40.6. The number of amides is 3. The molecule has 26 heavy (non-hydrogen) atoms. The predicted octanol–water partition coefficient (Wildman–Crippen LogP) is 2.58. The lowest BCUT2D eigenvalue weighted by molar-refractivity contribution is -0.144. The van der Waals surface area contributed by atoms with Gasteiger partial charge in [0.25, 0.3) is 5.91 Å². The van der Waals surface area contributed by atoms with E-state index in [1.54, 1.807) is 0 Å². The van der Waals surface area contributed by atoms with Crippen LogP contribution < -0.4 is 0 Å². The van der Waals surface area contributed by atoms with Crippen molar-refractivity contribution in [2.75, 3.05) is 5.75 Å². The third-order valence-corrected chi connectivity index (χ3v) is 5.98. The van der Waals surface area contributed by atoms with Crippen molar-refractivity contribution in [1.82, 2.24) is 9.80 Å². The van der Waals surface area contributed by atoms with Gasteiger partial charge in [-0.1, -0.05) is 43.2 Å². The number of hydrogen-bond acceptors (Lipinski definition) is 4. The monoisotopic (exact) mass is 376 g/mol. The first kappa shape index (κ1) is 18.8. The number of carboxylic acid groups (broad SMARTS) is 1. The molecule has 7 heteroatoms. The van der Waals surface area contributed by atoms with Gasteiger partial charge in [-0.05, 0) is 31.7 Å². The van der Waals surface area contributed by atoms with Crippen LogP contribution >= 0.6 is 12.6 Å². The molecule has 2 atom stereocenters. The first-order valence-electron chi connectivity index (χ1n) is 8.97. The van der Waals surface area contributed by atoms with E-state index in [-0.39, 0.29) is 5.91 Å². The maximum absolute atomic E-state index is 13.3. The highest BCUT2D eigenvalue weighted by Crippen LogP contribution is 2.44.